The number of benzene rings is 1. The Kier molecular flexibility index (Phi) is 4.71. The van der Waals surface area contributed by atoms with Crippen molar-refractivity contribution in [1.82, 2.24) is 0 Å². The second kappa shape index (κ2) is 5.54. The molecular weight excluding hydrogens is 294 g/mol. The van der Waals surface area contributed by atoms with Crippen molar-refractivity contribution in [1.29, 1.82) is 0 Å². The number of hydrogen-bond acceptors (Lipinski definition) is 0. The van der Waals surface area contributed by atoms with Crippen molar-refractivity contribution in [3.8, 4) is 0 Å². The SMILES string of the molecule is CC.CC1(C)CC1c1cc(C(F)(F)F)cc(C(F)(F)F)c1. The molecule has 0 aliphatic heterocycles. The summed E-state index contributed by atoms with van der Waals surface area (Å²) in [7, 11) is 0. The van der Waals surface area contributed by atoms with Crippen molar-refractivity contribution < 1.29 is 26.3 Å². The molecule has 1 unspecified atom stereocenters. The van der Waals surface area contributed by atoms with Crippen LogP contribution in [0.2, 0.25) is 0 Å². The van der Waals surface area contributed by atoms with Crippen LogP contribution >= 0.6 is 0 Å². The van der Waals surface area contributed by atoms with E-state index in [0.29, 0.717) is 6.42 Å². The lowest BCUT2D eigenvalue weighted by molar-refractivity contribution is -0.143. The van der Waals surface area contributed by atoms with Gasteiger partial charge in [0.15, 0.2) is 0 Å². The van der Waals surface area contributed by atoms with Crippen molar-refractivity contribution in [2.45, 2.75) is 52.4 Å². The summed E-state index contributed by atoms with van der Waals surface area (Å²) in [6.45, 7) is 7.65. The molecule has 0 nitrogen and oxygen atoms in total. The zero-order valence-corrected chi connectivity index (χ0v) is 12.3. The van der Waals surface area contributed by atoms with Crippen LogP contribution in [0.1, 0.15) is 56.7 Å². The molecule has 21 heavy (non-hydrogen) atoms. The normalized spacial score (nSPS) is 20.6. The maximum Gasteiger partial charge on any atom is 0.416 e. The van der Waals surface area contributed by atoms with Crippen molar-refractivity contribution in [3.63, 3.8) is 0 Å². The maximum atomic E-state index is 12.6. The van der Waals surface area contributed by atoms with Crippen molar-refractivity contribution in [2.24, 2.45) is 5.41 Å². The van der Waals surface area contributed by atoms with Gasteiger partial charge in [0.2, 0.25) is 0 Å². The molecule has 1 aliphatic carbocycles. The molecule has 0 heterocycles. The number of hydrogen-bond donors (Lipinski definition) is 0. The standard InChI is InChI=1S/C13H12F6.C2H6/c1-11(2)6-10(11)7-3-8(12(14,15)16)5-9(4-7)13(17,18)19;1-2/h3-5,10H,6H2,1-2H3;1-2H3. The summed E-state index contributed by atoms with van der Waals surface area (Å²) < 4.78 is 75.9. The molecule has 0 bridgehead atoms. The predicted octanol–water partition coefficient (Wildman–Crippen LogP) is 6.26. The molecule has 1 aliphatic rings. The van der Waals surface area contributed by atoms with Gasteiger partial charge in [-0.05, 0) is 41.5 Å². The Morgan fingerprint density at radius 2 is 1.19 bits per heavy atom. The van der Waals surface area contributed by atoms with E-state index in [1.165, 1.54) is 0 Å². The quantitative estimate of drug-likeness (QED) is 0.537. The second-order valence-electron chi connectivity index (χ2n) is 5.58. The van der Waals surface area contributed by atoms with Gasteiger partial charge in [-0.2, -0.15) is 26.3 Å². The molecule has 0 saturated heterocycles. The Hall–Kier alpha value is -1.20. The van der Waals surface area contributed by atoms with E-state index in [2.05, 4.69) is 0 Å². The summed E-state index contributed by atoms with van der Waals surface area (Å²) in [5, 5.41) is 0. The minimum absolute atomic E-state index is 0.118. The molecule has 6 heteroatoms. The van der Waals surface area contributed by atoms with Crippen LogP contribution < -0.4 is 0 Å². The lowest BCUT2D eigenvalue weighted by Crippen LogP contribution is -2.12. The third kappa shape index (κ3) is 4.14. The molecule has 0 spiro atoms. The Bertz CT molecular complexity index is 464. The highest BCUT2D eigenvalue weighted by molar-refractivity contribution is 5.39. The molecule has 0 N–H and O–H groups in total. The topological polar surface area (TPSA) is 0 Å². The lowest BCUT2D eigenvalue weighted by atomic mass is 9.98. The molecule has 1 aromatic rings. The summed E-state index contributed by atoms with van der Waals surface area (Å²) in [4.78, 5) is 0. The minimum Gasteiger partial charge on any atom is -0.166 e. The fourth-order valence-corrected chi connectivity index (χ4v) is 2.22. The van der Waals surface area contributed by atoms with Crippen LogP contribution in [0.4, 0.5) is 26.3 Å². The Labute approximate surface area is 120 Å². The van der Waals surface area contributed by atoms with Crippen LogP contribution in [-0.4, -0.2) is 0 Å². The van der Waals surface area contributed by atoms with Crippen molar-refractivity contribution in [3.05, 3.63) is 34.9 Å². The van der Waals surface area contributed by atoms with Crippen LogP contribution in [0.25, 0.3) is 0 Å². The molecule has 1 aromatic carbocycles. The van der Waals surface area contributed by atoms with Gasteiger partial charge < -0.3 is 0 Å². The molecule has 1 saturated carbocycles. The van der Waals surface area contributed by atoms with E-state index in [-0.39, 0.29) is 23.0 Å². The molecule has 0 radical (unpaired) electrons. The first-order chi connectivity index (χ1) is 9.41. The molecule has 2 rings (SSSR count). The van der Waals surface area contributed by atoms with Crippen LogP contribution in [0.5, 0.6) is 0 Å². The van der Waals surface area contributed by atoms with Gasteiger partial charge in [-0.25, -0.2) is 0 Å². The third-order valence-electron chi connectivity index (χ3n) is 3.53. The Morgan fingerprint density at radius 1 is 0.857 bits per heavy atom. The van der Waals surface area contributed by atoms with Crippen LogP contribution in [0.15, 0.2) is 18.2 Å². The summed E-state index contributed by atoms with van der Waals surface area (Å²) in [5.74, 6) is -0.240. The first-order valence-corrected chi connectivity index (χ1v) is 6.71. The fraction of sp³-hybridized carbons (Fsp3) is 0.600. The van der Waals surface area contributed by atoms with Gasteiger partial charge in [-0.3, -0.25) is 0 Å². The number of alkyl halides is 6. The number of rotatable bonds is 1. The molecule has 0 aromatic heterocycles. The van der Waals surface area contributed by atoms with E-state index in [1.807, 2.05) is 27.7 Å². The first-order valence-electron chi connectivity index (χ1n) is 6.71. The van der Waals surface area contributed by atoms with E-state index < -0.39 is 23.5 Å². The van der Waals surface area contributed by atoms with Crippen molar-refractivity contribution >= 4 is 0 Å². The average Bonchev–Trinajstić information content (AvgIpc) is 2.98. The Morgan fingerprint density at radius 3 is 1.43 bits per heavy atom. The summed E-state index contributed by atoms with van der Waals surface area (Å²) in [5.41, 5.74) is -2.58. The highest BCUT2D eigenvalue weighted by Crippen LogP contribution is 2.59. The highest BCUT2D eigenvalue weighted by atomic mass is 19.4. The van der Waals surface area contributed by atoms with Gasteiger partial charge in [0.05, 0.1) is 11.1 Å². The van der Waals surface area contributed by atoms with Crippen LogP contribution in [0.3, 0.4) is 0 Å². The maximum absolute atomic E-state index is 12.6. The lowest BCUT2D eigenvalue weighted by Gasteiger charge is -2.15. The zero-order chi connectivity index (χ0) is 16.6. The van der Waals surface area contributed by atoms with Gasteiger partial charge >= 0.3 is 12.4 Å². The highest BCUT2D eigenvalue weighted by Gasteiger charge is 2.48. The average molecular weight is 312 g/mol. The summed E-state index contributed by atoms with van der Waals surface area (Å²) in [6.07, 6.45) is -8.93. The van der Waals surface area contributed by atoms with E-state index in [9.17, 15) is 26.3 Å². The van der Waals surface area contributed by atoms with Crippen molar-refractivity contribution in [2.75, 3.05) is 0 Å². The molecule has 1 atom stereocenters. The second-order valence-corrected chi connectivity index (χ2v) is 5.58. The monoisotopic (exact) mass is 312 g/mol. The van der Waals surface area contributed by atoms with Crippen LogP contribution in [-0.2, 0) is 12.4 Å². The van der Waals surface area contributed by atoms with Gasteiger partial charge in [-0.15, -0.1) is 0 Å². The molecule has 120 valence electrons. The smallest absolute Gasteiger partial charge is 0.166 e. The Balaban J connectivity index is 0.00000106. The molecular formula is C15H18F6. The van der Waals surface area contributed by atoms with E-state index in [0.717, 1.165) is 12.1 Å². The van der Waals surface area contributed by atoms with Gasteiger partial charge in [0.1, 0.15) is 0 Å². The molecule has 1 fully saturated rings. The van der Waals surface area contributed by atoms with E-state index in [4.69, 9.17) is 0 Å². The fourth-order valence-electron chi connectivity index (χ4n) is 2.22. The predicted molar refractivity (Wildman–Crippen MR) is 68.9 cm³/mol. The zero-order valence-electron chi connectivity index (χ0n) is 12.3. The minimum atomic E-state index is -4.77. The number of halogens is 6. The summed E-state index contributed by atoms with van der Waals surface area (Å²) in [6, 6.07) is 1.82. The third-order valence-corrected chi connectivity index (χ3v) is 3.53. The van der Waals surface area contributed by atoms with Crippen LogP contribution in [0, 0.1) is 5.41 Å². The largest absolute Gasteiger partial charge is 0.416 e. The van der Waals surface area contributed by atoms with Gasteiger partial charge in [-0.1, -0.05) is 27.7 Å². The molecule has 0 amide bonds. The van der Waals surface area contributed by atoms with E-state index in [1.54, 1.807) is 0 Å². The van der Waals surface area contributed by atoms with Gasteiger partial charge in [0, 0.05) is 0 Å². The summed E-state index contributed by atoms with van der Waals surface area (Å²) >= 11 is 0. The van der Waals surface area contributed by atoms with Gasteiger partial charge in [0.25, 0.3) is 0 Å². The van der Waals surface area contributed by atoms with E-state index >= 15 is 0 Å². The first kappa shape index (κ1) is 17.9.